The predicted octanol–water partition coefficient (Wildman–Crippen LogP) is 4.39. The Bertz CT molecular complexity index is 492. The minimum Gasteiger partial charge on any atom is -0.403 e. The van der Waals surface area contributed by atoms with E-state index in [0.29, 0.717) is 5.56 Å². The molecule has 0 atom stereocenters. The highest BCUT2D eigenvalue weighted by Crippen LogP contribution is 2.40. The van der Waals surface area contributed by atoms with Crippen LogP contribution >= 0.6 is 0 Å². The first kappa shape index (κ1) is 15.2. The van der Waals surface area contributed by atoms with Gasteiger partial charge < -0.3 is 9.31 Å². The molecule has 0 N–H and O–H groups in total. The lowest BCUT2D eigenvalue weighted by Crippen LogP contribution is -2.41. The molecule has 5 heteroatoms. The molecule has 0 unspecified atom stereocenters. The van der Waals surface area contributed by atoms with Crippen molar-refractivity contribution in [3.8, 4) is 0 Å². The van der Waals surface area contributed by atoms with E-state index < -0.39 is 24.4 Å². The summed E-state index contributed by atoms with van der Waals surface area (Å²) in [6.07, 6.45) is -1.65. The Hall–Kier alpha value is -1.20. The van der Waals surface area contributed by atoms with Crippen LogP contribution in [-0.2, 0) is 9.31 Å². The van der Waals surface area contributed by atoms with Gasteiger partial charge in [-0.3, -0.25) is 0 Å². The summed E-state index contributed by atoms with van der Waals surface area (Å²) in [4.78, 5) is 0. The molecule has 1 fully saturated rings. The van der Waals surface area contributed by atoms with Gasteiger partial charge in [0.05, 0.1) is 11.2 Å². The highest BCUT2D eigenvalue weighted by molar-refractivity contribution is 6.48. The largest absolute Gasteiger partial charge is 0.462 e. The van der Waals surface area contributed by atoms with Crippen LogP contribution in [0.5, 0.6) is 0 Å². The molecule has 1 aromatic rings. The Kier molecular flexibility index (Phi) is 4.03. The predicted molar refractivity (Wildman–Crippen MR) is 76.5 cm³/mol. The molecule has 1 saturated heterocycles. The van der Waals surface area contributed by atoms with Crippen molar-refractivity contribution in [2.45, 2.75) is 45.2 Å². The van der Waals surface area contributed by atoms with Gasteiger partial charge in [-0.05, 0) is 33.3 Å². The van der Waals surface area contributed by atoms with Gasteiger partial charge in [0.25, 0.3) is 6.08 Å². The number of allylic oxidation sites excluding steroid dienone is 1. The van der Waals surface area contributed by atoms with E-state index in [1.54, 1.807) is 30.3 Å². The van der Waals surface area contributed by atoms with Crippen molar-refractivity contribution in [2.75, 3.05) is 0 Å². The minimum atomic E-state index is -1.69. The first-order valence-corrected chi connectivity index (χ1v) is 6.68. The van der Waals surface area contributed by atoms with E-state index in [1.807, 2.05) is 27.7 Å². The maximum atomic E-state index is 13.2. The zero-order chi connectivity index (χ0) is 15.0. The second kappa shape index (κ2) is 5.30. The zero-order valence-electron chi connectivity index (χ0n) is 12.2. The van der Waals surface area contributed by atoms with E-state index in [9.17, 15) is 8.78 Å². The lowest BCUT2D eigenvalue weighted by atomic mass is 9.78. The van der Waals surface area contributed by atoms with Crippen LogP contribution in [0.2, 0.25) is 6.32 Å². The average molecular weight is 280 g/mol. The van der Waals surface area contributed by atoms with Crippen LogP contribution < -0.4 is 0 Å². The van der Waals surface area contributed by atoms with Gasteiger partial charge in [-0.15, -0.1) is 0 Å². The number of hydrogen-bond acceptors (Lipinski definition) is 2. The van der Waals surface area contributed by atoms with E-state index in [-0.39, 0.29) is 11.9 Å². The Labute approximate surface area is 118 Å². The van der Waals surface area contributed by atoms with Crippen molar-refractivity contribution < 1.29 is 18.1 Å². The van der Waals surface area contributed by atoms with E-state index in [1.165, 1.54) is 0 Å². The lowest BCUT2D eigenvalue weighted by Gasteiger charge is -2.32. The summed E-state index contributed by atoms with van der Waals surface area (Å²) < 4.78 is 37.9. The highest BCUT2D eigenvalue weighted by atomic mass is 19.3. The van der Waals surface area contributed by atoms with Gasteiger partial charge in [-0.1, -0.05) is 30.3 Å². The first-order valence-electron chi connectivity index (χ1n) is 6.68. The number of benzene rings is 1. The fraction of sp³-hybridized carbons (Fsp3) is 0.467. The molecule has 1 heterocycles. The highest BCUT2D eigenvalue weighted by Gasteiger charge is 2.51. The smallest absolute Gasteiger partial charge is 0.403 e. The summed E-state index contributed by atoms with van der Waals surface area (Å²) in [7, 11) is -0.656. The van der Waals surface area contributed by atoms with Crippen LogP contribution in [0, 0.1) is 0 Å². The second-order valence-corrected chi connectivity index (χ2v) is 5.99. The summed E-state index contributed by atoms with van der Waals surface area (Å²) in [6, 6.07) is 8.61. The molecule has 1 aliphatic heterocycles. The van der Waals surface area contributed by atoms with Gasteiger partial charge in [-0.25, -0.2) is 0 Å². The second-order valence-electron chi connectivity index (χ2n) is 5.99. The van der Waals surface area contributed by atoms with Crippen molar-refractivity contribution >= 4 is 12.7 Å². The molecular formula is C15H19BF2O2. The molecule has 0 aromatic heterocycles. The van der Waals surface area contributed by atoms with Crippen LogP contribution in [-0.4, -0.2) is 18.3 Å². The SMILES string of the molecule is CC1(C)OB(CC(=C(F)F)c2ccccc2)OC1(C)C. The minimum absolute atomic E-state index is 0.0240. The summed E-state index contributed by atoms with van der Waals surface area (Å²) in [5, 5.41) is 0. The Morgan fingerprint density at radius 2 is 1.50 bits per heavy atom. The topological polar surface area (TPSA) is 18.5 Å². The number of rotatable bonds is 3. The first-order chi connectivity index (χ1) is 9.23. The monoisotopic (exact) mass is 280 g/mol. The van der Waals surface area contributed by atoms with Crippen molar-refractivity contribution in [2.24, 2.45) is 0 Å². The van der Waals surface area contributed by atoms with Crippen molar-refractivity contribution in [3.63, 3.8) is 0 Å². The maximum Gasteiger partial charge on any atom is 0.462 e. The van der Waals surface area contributed by atoms with Gasteiger partial charge in [-0.2, -0.15) is 8.78 Å². The van der Waals surface area contributed by atoms with Gasteiger partial charge in [0.1, 0.15) is 0 Å². The summed E-state index contributed by atoms with van der Waals surface area (Å²) in [5.74, 6) is 0. The summed E-state index contributed by atoms with van der Waals surface area (Å²) >= 11 is 0. The molecule has 0 aliphatic carbocycles. The van der Waals surface area contributed by atoms with E-state index in [4.69, 9.17) is 9.31 Å². The Balaban J connectivity index is 2.19. The molecule has 1 aromatic carbocycles. The molecule has 2 rings (SSSR count). The molecular weight excluding hydrogens is 261 g/mol. The third-order valence-electron chi connectivity index (χ3n) is 4.02. The molecule has 20 heavy (non-hydrogen) atoms. The zero-order valence-corrected chi connectivity index (χ0v) is 12.2. The number of halogens is 2. The van der Waals surface area contributed by atoms with E-state index >= 15 is 0 Å². The summed E-state index contributed by atoms with van der Waals surface area (Å²) in [6.45, 7) is 7.63. The third kappa shape index (κ3) is 2.94. The molecule has 108 valence electrons. The summed E-state index contributed by atoms with van der Waals surface area (Å²) in [5.41, 5.74) is -0.537. The van der Waals surface area contributed by atoms with Gasteiger partial charge in [0, 0.05) is 11.9 Å². The molecule has 0 spiro atoms. The third-order valence-corrected chi connectivity index (χ3v) is 4.02. The van der Waals surface area contributed by atoms with Crippen LogP contribution in [0.15, 0.2) is 36.4 Å². The van der Waals surface area contributed by atoms with Gasteiger partial charge in [0.15, 0.2) is 0 Å². The van der Waals surface area contributed by atoms with Crippen LogP contribution in [0.1, 0.15) is 33.3 Å². The van der Waals surface area contributed by atoms with Gasteiger partial charge >= 0.3 is 7.12 Å². The number of hydrogen-bond donors (Lipinski definition) is 0. The Morgan fingerprint density at radius 3 is 1.95 bits per heavy atom. The standard InChI is InChI=1S/C15H19BF2O2/c1-14(2)15(3,4)20-16(19-14)10-12(13(17)18)11-8-6-5-7-9-11/h5-9H,10H2,1-4H3. The fourth-order valence-electron chi connectivity index (χ4n) is 2.16. The van der Waals surface area contributed by atoms with E-state index in [2.05, 4.69) is 0 Å². The molecule has 1 aliphatic rings. The van der Waals surface area contributed by atoms with E-state index in [0.717, 1.165) is 0 Å². The quantitative estimate of drug-likeness (QED) is 0.765. The van der Waals surface area contributed by atoms with Crippen LogP contribution in [0.4, 0.5) is 8.78 Å². The molecule has 0 amide bonds. The maximum absolute atomic E-state index is 13.2. The van der Waals surface area contributed by atoms with Crippen molar-refractivity contribution in [1.29, 1.82) is 0 Å². The fourth-order valence-corrected chi connectivity index (χ4v) is 2.16. The van der Waals surface area contributed by atoms with Crippen molar-refractivity contribution in [1.82, 2.24) is 0 Å². The molecule has 0 saturated carbocycles. The Morgan fingerprint density at radius 1 is 1.00 bits per heavy atom. The molecule has 0 radical (unpaired) electrons. The molecule has 0 bridgehead atoms. The van der Waals surface area contributed by atoms with Gasteiger partial charge in [0.2, 0.25) is 0 Å². The van der Waals surface area contributed by atoms with Crippen molar-refractivity contribution in [3.05, 3.63) is 42.0 Å². The lowest BCUT2D eigenvalue weighted by molar-refractivity contribution is 0.00578. The average Bonchev–Trinajstić information content (AvgIpc) is 2.55. The normalized spacial score (nSPS) is 20.0. The van der Waals surface area contributed by atoms with Crippen LogP contribution in [0.25, 0.3) is 5.57 Å². The van der Waals surface area contributed by atoms with Crippen LogP contribution in [0.3, 0.4) is 0 Å². The molecule has 2 nitrogen and oxygen atoms in total.